The number of nitrogens with one attached hydrogen (secondary N) is 1. The van der Waals surface area contributed by atoms with Crippen molar-refractivity contribution in [2.24, 2.45) is 0 Å². The van der Waals surface area contributed by atoms with Crippen LogP contribution in [-0.4, -0.2) is 49.1 Å². The zero-order valence-corrected chi connectivity index (χ0v) is 12.7. The van der Waals surface area contributed by atoms with Crippen LogP contribution >= 0.6 is 11.8 Å². The summed E-state index contributed by atoms with van der Waals surface area (Å²) < 4.78 is 0. The van der Waals surface area contributed by atoms with Crippen molar-refractivity contribution in [3.05, 3.63) is 0 Å². The molecule has 0 bridgehead atoms. The van der Waals surface area contributed by atoms with E-state index in [1.807, 2.05) is 11.8 Å². The Morgan fingerprint density at radius 2 is 2.00 bits per heavy atom. The molecule has 1 unspecified atom stereocenters. The molecule has 0 aromatic rings. The third-order valence-corrected chi connectivity index (χ3v) is 4.70. The van der Waals surface area contributed by atoms with Gasteiger partial charge in [-0.05, 0) is 52.6 Å². The van der Waals surface area contributed by atoms with Gasteiger partial charge in [0.15, 0.2) is 0 Å². The van der Waals surface area contributed by atoms with Gasteiger partial charge in [0, 0.05) is 17.8 Å². The standard InChI is InChI=1S/C14H30N2S/c1-13(12-17-3)16(2)11-7-10-15-14-8-5-4-6-9-14/h13-15H,4-12H2,1-3H3. The lowest BCUT2D eigenvalue weighted by atomic mass is 9.95. The van der Waals surface area contributed by atoms with E-state index in [1.165, 1.54) is 57.4 Å². The molecule has 1 atom stereocenters. The van der Waals surface area contributed by atoms with Gasteiger partial charge in [0.2, 0.25) is 0 Å². The molecule has 1 saturated carbocycles. The van der Waals surface area contributed by atoms with Crippen LogP contribution in [0.2, 0.25) is 0 Å². The third-order valence-electron chi connectivity index (χ3n) is 3.89. The fourth-order valence-electron chi connectivity index (χ4n) is 2.53. The van der Waals surface area contributed by atoms with E-state index in [0.29, 0.717) is 6.04 Å². The molecular weight excluding hydrogens is 228 g/mol. The molecule has 0 aliphatic heterocycles. The normalized spacial score (nSPS) is 19.8. The number of hydrogen-bond donors (Lipinski definition) is 1. The molecule has 1 aliphatic carbocycles. The Bertz CT molecular complexity index is 181. The second-order valence-corrected chi connectivity index (χ2v) is 6.34. The molecule has 0 radical (unpaired) electrons. The van der Waals surface area contributed by atoms with Crippen molar-refractivity contribution >= 4 is 11.8 Å². The zero-order chi connectivity index (χ0) is 12.5. The second-order valence-electron chi connectivity index (χ2n) is 5.43. The summed E-state index contributed by atoms with van der Waals surface area (Å²) in [5, 5.41) is 3.72. The Hall–Kier alpha value is 0.270. The highest BCUT2D eigenvalue weighted by Gasteiger charge is 2.12. The first-order valence-electron chi connectivity index (χ1n) is 7.16. The smallest absolute Gasteiger partial charge is 0.0154 e. The Morgan fingerprint density at radius 3 is 2.65 bits per heavy atom. The highest BCUT2D eigenvalue weighted by molar-refractivity contribution is 7.98. The molecule has 1 aliphatic rings. The monoisotopic (exact) mass is 258 g/mol. The number of thioether (sulfide) groups is 1. The summed E-state index contributed by atoms with van der Waals surface area (Å²) in [6.07, 6.45) is 10.6. The maximum atomic E-state index is 3.72. The SMILES string of the molecule is CSCC(C)N(C)CCCNC1CCCCC1. The Morgan fingerprint density at radius 1 is 1.29 bits per heavy atom. The quantitative estimate of drug-likeness (QED) is 0.674. The van der Waals surface area contributed by atoms with E-state index < -0.39 is 0 Å². The summed E-state index contributed by atoms with van der Waals surface area (Å²) in [6, 6.07) is 1.53. The summed E-state index contributed by atoms with van der Waals surface area (Å²) in [5.74, 6) is 1.24. The van der Waals surface area contributed by atoms with Gasteiger partial charge in [-0.3, -0.25) is 0 Å². The maximum Gasteiger partial charge on any atom is 0.0154 e. The van der Waals surface area contributed by atoms with Gasteiger partial charge in [0.05, 0.1) is 0 Å². The van der Waals surface area contributed by atoms with Crippen molar-refractivity contribution in [1.29, 1.82) is 0 Å². The fourth-order valence-corrected chi connectivity index (χ4v) is 3.27. The van der Waals surface area contributed by atoms with Gasteiger partial charge in [-0.1, -0.05) is 19.3 Å². The third kappa shape index (κ3) is 6.68. The first-order chi connectivity index (χ1) is 8.24. The van der Waals surface area contributed by atoms with E-state index in [-0.39, 0.29) is 0 Å². The molecule has 0 aromatic heterocycles. The van der Waals surface area contributed by atoms with Crippen molar-refractivity contribution in [3.63, 3.8) is 0 Å². The van der Waals surface area contributed by atoms with Gasteiger partial charge < -0.3 is 10.2 Å². The first-order valence-corrected chi connectivity index (χ1v) is 8.56. The molecule has 0 spiro atoms. The molecule has 1 N–H and O–H groups in total. The topological polar surface area (TPSA) is 15.3 Å². The average Bonchev–Trinajstić information content (AvgIpc) is 2.36. The number of nitrogens with zero attached hydrogens (tertiary/aromatic N) is 1. The first kappa shape index (κ1) is 15.3. The second kappa shape index (κ2) is 9.23. The molecule has 1 fully saturated rings. The van der Waals surface area contributed by atoms with Crippen molar-refractivity contribution < 1.29 is 0 Å². The molecule has 0 amide bonds. The molecule has 102 valence electrons. The van der Waals surface area contributed by atoms with Gasteiger partial charge in [-0.2, -0.15) is 11.8 Å². The van der Waals surface area contributed by atoms with Crippen molar-refractivity contribution in [2.45, 2.75) is 57.5 Å². The van der Waals surface area contributed by atoms with Crippen LogP contribution in [0.25, 0.3) is 0 Å². The number of rotatable bonds is 8. The highest BCUT2D eigenvalue weighted by Crippen LogP contribution is 2.17. The minimum atomic E-state index is 0.708. The average molecular weight is 258 g/mol. The lowest BCUT2D eigenvalue weighted by Gasteiger charge is -2.26. The van der Waals surface area contributed by atoms with Crippen LogP contribution in [0.3, 0.4) is 0 Å². The van der Waals surface area contributed by atoms with Crippen molar-refractivity contribution in [3.8, 4) is 0 Å². The van der Waals surface area contributed by atoms with E-state index in [9.17, 15) is 0 Å². The molecule has 3 heteroatoms. The van der Waals surface area contributed by atoms with Crippen LogP contribution in [0.5, 0.6) is 0 Å². The lowest BCUT2D eigenvalue weighted by molar-refractivity contribution is 0.268. The molecule has 2 nitrogen and oxygen atoms in total. The summed E-state index contributed by atoms with van der Waals surface area (Å²) >= 11 is 1.94. The predicted octanol–water partition coefficient (Wildman–Crippen LogP) is 2.98. The molecule has 17 heavy (non-hydrogen) atoms. The minimum Gasteiger partial charge on any atom is -0.314 e. The molecule has 1 rings (SSSR count). The lowest BCUT2D eigenvalue weighted by Crippen LogP contribution is -2.36. The molecule has 0 aromatic carbocycles. The van der Waals surface area contributed by atoms with Crippen LogP contribution in [0.1, 0.15) is 45.4 Å². The Kier molecular flexibility index (Phi) is 8.33. The Balaban J connectivity index is 1.99. The molecular formula is C14H30N2S. The maximum absolute atomic E-state index is 3.72. The summed E-state index contributed by atoms with van der Waals surface area (Å²) in [6.45, 7) is 4.74. The van der Waals surface area contributed by atoms with Crippen LogP contribution in [0.15, 0.2) is 0 Å². The van der Waals surface area contributed by atoms with Gasteiger partial charge >= 0.3 is 0 Å². The molecule has 0 heterocycles. The summed E-state index contributed by atoms with van der Waals surface area (Å²) in [7, 11) is 2.25. The van der Waals surface area contributed by atoms with Gasteiger partial charge in [-0.25, -0.2) is 0 Å². The van der Waals surface area contributed by atoms with Crippen LogP contribution in [0.4, 0.5) is 0 Å². The van der Waals surface area contributed by atoms with E-state index in [1.54, 1.807) is 0 Å². The van der Waals surface area contributed by atoms with Crippen LogP contribution < -0.4 is 5.32 Å². The Labute approximate surface area is 112 Å². The highest BCUT2D eigenvalue weighted by atomic mass is 32.2. The summed E-state index contributed by atoms with van der Waals surface area (Å²) in [4.78, 5) is 2.49. The fraction of sp³-hybridized carbons (Fsp3) is 1.00. The number of hydrogen-bond acceptors (Lipinski definition) is 3. The van der Waals surface area contributed by atoms with Crippen molar-refractivity contribution in [2.75, 3.05) is 32.1 Å². The predicted molar refractivity (Wildman–Crippen MR) is 80.0 cm³/mol. The van der Waals surface area contributed by atoms with Gasteiger partial charge in [0.1, 0.15) is 0 Å². The van der Waals surface area contributed by atoms with E-state index in [2.05, 4.69) is 30.4 Å². The molecule has 0 saturated heterocycles. The van der Waals surface area contributed by atoms with Crippen LogP contribution in [-0.2, 0) is 0 Å². The summed E-state index contributed by atoms with van der Waals surface area (Å²) in [5.41, 5.74) is 0. The van der Waals surface area contributed by atoms with Crippen molar-refractivity contribution in [1.82, 2.24) is 10.2 Å². The zero-order valence-electron chi connectivity index (χ0n) is 11.9. The van der Waals surface area contributed by atoms with E-state index in [4.69, 9.17) is 0 Å². The minimum absolute atomic E-state index is 0.708. The van der Waals surface area contributed by atoms with E-state index in [0.717, 1.165) is 6.04 Å². The van der Waals surface area contributed by atoms with Crippen LogP contribution in [0, 0.1) is 0 Å². The van der Waals surface area contributed by atoms with E-state index >= 15 is 0 Å². The largest absolute Gasteiger partial charge is 0.314 e. The van der Waals surface area contributed by atoms with Gasteiger partial charge in [-0.15, -0.1) is 0 Å². The van der Waals surface area contributed by atoms with Gasteiger partial charge in [0.25, 0.3) is 0 Å².